The van der Waals surface area contributed by atoms with Crippen LogP contribution in [0.15, 0.2) is 35.0 Å². The van der Waals surface area contributed by atoms with E-state index in [1.165, 1.54) is 11.6 Å². The van der Waals surface area contributed by atoms with Crippen molar-refractivity contribution in [3.63, 3.8) is 0 Å². The van der Waals surface area contributed by atoms with E-state index in [0.29, 0.717) is 0 Å². The minimum absolute atomic E-state index is 0.119. The van der Waals surface area contributed by atoms with Crippen molar-refractivity contribution in [3.05, 3.63) is 57.0 Å². The second-order valence-corrected chi connectivity index (χ2v) is 5.77. The van der Waals surface area contributed by atoms with Crippen LogP contribution in [0.1, 0.15) is 16.0 Å². The van der Waals surface area contributed by atoms with Gasteiger partial charge in [0.25, 0.3) is 0 Å². The van der Waals surface area contributed by atoms with Gasteiger partial charge in [-0.15, -0.1) is 0 Å². The Balaban J connectivity index is 2.14. The lowest BCUT2D eigenvalue weighted by atomic mass is 10.1. The summed E-state index contributed by atoms with van der Waals surface area (Å²) in [6, 6.07) is 6.99. The van der Waals surface area contributed by atoms with Crippen molar-refractivity contribution in [2.45, 2.75) is 11.2 Å². The molecule has 0 aliphatic heterocycles. The minimum atomic E-state index is -0.367. The highest BCUT2D eigenvalue weighted by Gasteiger charge is 2.11. The van der Waals surface area contributed by atoms with Gasteiger partial charge >= 0.3 is 0 Å². The van der Waals surface area contributed by atoms with E-state index in [4.69, 9.17) is 11.6 Å². The molecule has 0 bridgehead atoms. The summed E-state index contributed by atoms with van der Waals surface area (Å²) in [4.78, 5) is 0.119. The topological polar surface area (TPSA) is 0 Å². The third-order valence-corrected chi connectivity index (χ3v) is 4.19. The van der Waals surface area contributed by atoms with Gasteiger partial charge < -0.3 is 0 Å². The summed E-state index contributed by atoms with van der Waals surface area (Å²) in [6.45, 7) is 0. The lowest BCUT2D eigenvalue weighted by Crippen LogP contribution is -1.95. The molecule has 16 heavy (non-hydrogen) atoms. The molecule has 2 rings (SSSR count). The number of thiophene rings is 1. The van der Waals surface area contributed by atoms with E-state index in [-0.39, 0.29) is 15.7 Å². The molecule has 0 N–H and O–H groups in total. The van der Waals surface area contributed by atoms with Crippen LogP contribution in [-0.4, -0.2) is 0 Å². The molecule has 0 saturated carbocycles. The first kappa shape index (κ1) is 12.1. The van der Waals surface area contributed by atoms with Crippen molar-refractivity contribution in [2.75, 3.05) is 0 Å². The number of alkyl halides is 1. The Hall–Kier alpha value is -0.380. The van der Waals surface area contributed by atoms with Gasteiger partial charge in [-0.05, 0) is 46.5 Å². The maximum atomic E-state index is 13.3. The molecule has 0 amide bonds. The summed E-state index contributed by atoms with van der Waals surface area (Å²) in [5, 5.41) is 4.30. The smallest absolute Gasteiger partial charge is 0.142 e. The van der Waals surface area contributed by atoms with Crippen molar-refractivity contribution in [1.82, 2.24) is 0 Å². The third kappa shape index (κ3) is 2.84. The van der Waals surface area contributed by atoms with Crippen molar-refractivity contribution in [3.8, 4) is 0 Å². The molecule has 0 aliphatic carbocycles. The predicted octanol–water partition coefficient (Wildman–Crippen LogP) is 5.22. The van der Waals surface area contributed by atoms with E-state index in [9.17, 15) is 4.39 Å². The zero-order valence-corrected chi connectivity index (χ0v) is 11.4. The van der Waals surface area contributed by atoms with Crippen molar-refractivity contribution >= 4 is 38.9 Å². The molecule has 0 nitrogen and oxygen atoms in total. The van der Waals surface area contributed by atoms with E-state index in [1.807, 2.05) is 11.4 Å². The van der Waals surface area contributed by atoms with Crippen LogP contribution >= 0.6 is 38.9 Å². The van der Waals surface area contributed by atoms with E-state index < -0.39 is 0 Å². The summed E-state index contributed by atoms with van der Waals surface area (Å²) in [5.74, 6) is -0.367. The van der Waals surface area contributed by atoms with Crippen LogP contribution in [0.5, 0.6) is 0 Å². The average molecular weight is 320 g/mol. The molecule has 0 aliphatic rings. The van der Waals surface area contributed by atoms with Crippen molar-refractivity contribution in [1.29, 1.82) is 0 Å². The monoisotopic (exact) mass is 318 g/mol. The van der Waals surface area contributed by atoms with Crippen molar-refractivity contribution < 1.29 is 4.39 Å². The molecule has 0 saturated heterocycles. The lowest BCUT2D eigenvalue weighted by Gasteiger charge is -2.09. The standard InChI is InChI=1S/C12H9BrClFS/c13-10(5-8-3-4-16-7-8)9-1-2-11(14)12(15)6-9/h1-4,6-7,10H,5H2. The van der Waals surface area contributed by atoms with E-state index >= 15 is 0 Å². The summed E-state index contributed by atoms with van der Waals surface area (Å²) >= 11 is 10.9. The molecule has 1 atom stereocenters. The van der Waals surface area contributed by atoms with E-state index in [0.717, 1.165) is 12.0 Å². The van der Waals surface area contributed by atoms with E-state index in [1.54, 1.807) is 17.4 Å². The number of halogens is 3. The van der Waals surface area contributed by atoms with Gasteiger partial charge in [0.05, 0.1) is 5.02 Å². The third-order valence-electron chi connectivity index (χ3n) is 2.30. The molecule has 1 heterocycles. The van der Waals surface area contributed by atoms with Crippen LogP contribution in [0.3, 0.4) is 0 Å². The normalized spacial score (nSPS) is 12.7. The Kier molecular flexibility index (Phi) is 4.00. The van der Waals surface area contributed by atoms with Gasteiger partial charge in [-0.3, -0.25) is 0 Å². The predicted molar refractivity (Wildman–Crippen MR) is 71.1 cm³/mol. The molecular formula is C12H9BrClFS. The minimum Gasteiger partial charge on any atom is -0.205 e. The maximum absolute atomic E-state index is 13.3. The molecule has 0 fully saturated rings. The highest BCUT2D eigenvalue weighted by Crippen LogP contribution is 2.29. The summed E-state index contributed by atoms with van der Waals surface area (Å²) in [7, 11) is 0. The first-order valence-corrected chi connectivity index (χ1v) is 7.00. The zero-order chi connectivity index (χ0) is 11.5. The summed E-state index contributed by atoms with van der Waals surface area (Å²) in [5.41, 5.74) is 2.16. The maximum Gasteiger partial charge on any atom is 0.142 e. The fraction of sp³-hybridized carbons (Fsp3) is 0.167. The van der Waals surface area contributed by atoms with Gasteiger partial charge in [0.2, 0.25) is 0 Å². The van der Waals surface area contributed by atoms with Gasteiger partial charge in [0.15, 0.2) is 0 Å². The Morgan fingerprint density at radius 2 is 2.19 bits per heavy atom. The van der Waals surface area contributed by atoms with Crippen LogP contribution in [0.2, 0.25) is 5.02 Å². The molecule has 1 unspecified atom stereocenters. The quantitative estimate of drug-likeness (QED) is 0.680. The molecule has 4 heteroatoms. The fourth-order valence-corrected chi connectivity index (χ4v) is 2.90. The van der Waals surface area contributed by atoms with Gasteiger partial charge in [-0.1, -0.05) is 33.6 Å². The molecule has 0 spiro atoms. The first-order valence-electron chi connectivity index (χ1n) is 4.77. The number of hydrogen-bond donors (Lipinski definition) is 0. The van der Waals surface area contributed by atoms with Gasteiger partial charge in [0, 0.05) is 4.83 Å². The molecule has 0 radical (unpaired) electrons. The number of rotatable bonds is 3. The summed E-state index contributed by atoms with van der Waals surface area (Å²) < 4.78 is 13.3. The van der Waals surface area contributed by atoms with Crippen LogP contribution in [-0.2, 0) is 6.42 Å². The number of hydrogen-bond acceptors (Lipinski definition) is 1. The average Bonchev–Trinajstić information content (AvgIpc) is 2.74. The Morgan fingerprint density at radius 3 is 2.81 bits per heavy atom. The Labute approximate surface area is 111 Å². The number of benzene rings is 1. The zero-order valence-electron chi connectivity index (χ0n) is 8.29. The first-order chi connectivity index (χ1) is 7.66. The van der Waals surface area contributed by atoms with Gasteiger partial charge in [-0.2, -0.15) is 11.3 Å². The molecule has 2 aromatic rings. The fourth-order valence-electron chi connectivity index (χ4n) is 1.44. The SMILES string of the molecule is Fc1cc(C(Br)Cc2ccsc2)ccc1Cl. The highest BCUT2D eigenvalue weighted by molar-refractivity contribution is 9.09. The highest BCUT2D eigenvalue weighted by atomic mass is 79.9. The molecule has 1 aromatic heterocycles. The van der Waals surface area contributed by atoms with Crippen molar-refractivity contribution in [2.24, 2.45) is 0 Å². The molecular weight excluding hydrogens is 311 g/mol. The second-order valence-electron chi connectivity index (χ2n) is 3.48. The van der Waals surface area contributed by atoms with Crippen LogP contribution in [0.4, 0.5) is 4.39 Å². The van der Waals surface area contributed by atoms with Crippen LogP contribution < -0.4 is 0 Å². The summed E-state index contributed by atoms with van der Waals surface area (Å²) in [6.07, 6.45) is 0.852. The van der Waals surface area contributed by atoms with Crippen LogP contribution in [0.25, 0.3) is 0 Å². The van der Waals surface area contributed by atoms with Gasteiger partial charge in [0.1, 0.15) is 5.82 Å². The second kappa shape index (κ2) is 5.30. The van der Waals surface area contributed by atoms with Crippen LogP contribution in [0, 0.1) is 5.82 Å². The van der Waals surface area contributed by atoms with E-state index in [2.05, 4.69) is 27.4 Å². The lowest BCUT2D eigenvalue weighted by molar-refractivity contribution is 0.625. The Morgan fingerprint density at radius 1 is 1.38 bits per heavy atom. The largest absolute Gasteiger partial charge is 0.205 e. The van der Waals surface area contributed by atoms with Gasteiger partial charge in [-0.25, -0.2) is 4.39 Å². The molecule has 1 aromatic carbocycles. The molecule has 84 valence electrons. The Bertz CT molecular complexity index is 470.